The summed E-state index contributed by atoms with van der Waals surface area (Å²) >= 11 is 7.66. The number of allylic oxidation sites excluding steroid dienone is 1. The lowest BCUT2D eigenvalue weighted by Gasteiger charge is -2.08. The van der Waals surface area contributed by atoms with Gasteiger partial charge in [-0.2, -0.15) is 0 Å². The molecule has 0 radical (unpaired) electrons. The van der Waals surface area contributed by atoms with Gasteiger partial charge in [0.15, 0.2) is 0 Å². The molecule has 1 amide bonds. The summed E-state index contributed by atoms with van der Waals surface area (Å²) in [5.74, 6) is -1.16. The highest BCUT2D eigenvalue weighted by atomic mass is 35.5. The highest BCUT2D eigenvalue weighted by Crippen LogP contribution is 2.31. The van der Waals surface area contributed by atoms with Crippen molar-refractivity contribution in [2.45, 2.75) is 12.8 Å². The van der Waals surface area contributed by atoms with E-state index in [2.05, 4.69) is 10.3 Å². The molecule has 0 unspecified atom stereocenters. The van der Waals surface area contributed by atoms with Gasteiger partial charge < -0.3 is 10.4 Å². The van der Waals surface area contributed by atoms with Crippen molar-refractivity contribution in [1.82, 2.24) is 4.98 Å². The molecule has 0 atom stereocenters. The lowest BCUT2D eigenvalue weighted by Crippen LogP contribution is -2.12. The number of hydrogen-bond donors (Lipinski definition) is 2. The Morgan fingerprint density at radius 3 is 2.56 bits per heavy atom. The molecular formula is C25H19ClN2O3S. The monoisotopic (exact) mass is 462 g/mol. The SMILES string of the molecule is O=C(O)CCC(=Cc1cccc(NC(=O)c2ccccc2Cl)c1)c1nc2ccccc2s1. The summed E-state index contributed by atoms with van der Waals surface area (Å²) in [6.45, 7) is 0. The average molecular weight is 463 g/mol. The quantitative estimate of drug-likeness (QED) is 0.324. The van der Waals surface area contributed by atoms with Crippen molar-refractivity contribution < 1.29 is 14.7 Å². The van der Waals surface area contributed by atoms with Crippen LogP contribution >= 0.6 is 22.9 Å². The Kier molecular flexibility index (Phi) is 6.63. The third-order valence-electron chi connectivity index (χ3n) is 4.78. The molecule has 5 nitrogen and oxygen atoms in total. The summed E-state index contributed by atoms with van der Waals surface area (Å²) in [6, 6.07) is 22.0. The Balaban J connectivity index is 1.63. The zero-order chi connectivity index (χ0) is 22.5. The molecule has 0 aliphatic rings. The van der Waals surface area contributed by atoms with Crippen molar-refractivity contribution in [2.75, 3.05) is 5.32 Å². The first-order valence-electron chi connectivity index (χ1n) is 9.94. The van der Waals surface area contributed by atoms with E-state index in [0.29, 0.717) is 22.7 Å². The largest absolute Gasteiger partial charge is 0.481 e. The third-order valence-corrected chi connectivity index (χ3v) is 6.22. The van der Waals surface area contributed by atoms with E-state index in [1.54, 1.807) is 30.3 Å². The van der Waals surface area contributed by atoms with Crippen molar-refractivity contribution in [2.24, 2.45) is 0 Å². The fourth-order valence-electron chi connectivity index (χ4n) is 3.24. The van der Waals surface area contributed by atoms with Gasteiger partial charge in [-0.05, 0) is 60.0 Å². The first-order valence-corrected chi connectivity index (χ1v) is 11.1. The summed E-state index contributed by atoms with van der Waals surface area (Å²) in [6.07, 6.45) is 2.28. The molecule has 1 aromatic heterocycles. The number of fused-ring (bicyclic) bond motifs is 1. The molecule has 0 bridgehead atoms. The normalized spacial score (nSPS) is 11.5. The van der Waals surface area contributed by atoms with Crippen molar-refractivity contribution in [3.63, 3.8) is 0 Å². The summed E-state index contributed by atoms with van der Waals surface area (Å²) in [5.41, 5.74) is 3.57. The topological polar surface area (TPSA) is 79.3 Å². The molecular weight excluding hydrogens is 444 g/mol. The van der Waals surface area contributed by atoms with Gasteiger partial charge in [0.25, 0.3) is 5.91 Å². The van der Waals surface area contributed by atoms with Gasteiger partial charge in [-0.15, -0.1) is 11.3 Å². The van der Waals surface area contributed by atoms with Crippen LogP contribution in [0.1, 0.15) is 33.8 Å². The Hall–Kier alpha value is -3.48. The van der Waals surface area contributed by atoms with Gasteiger partial charge in [0.1, 0.15) is 5.01 Å². The van der Waals surface area contributed by atoms with Crippen LogP contribution in [-0.2, 0) is 4.79 Å². The van der Waals surface area contributed by atoms with E-state index >= 15 is 0 Å². The van der Waals surface area contributed by atoms with E-state index in [1.807, 2.05) is 48.5 Å². The van der Waals surface area contributed by atoms with Crippen molar-refractivity contribution >= 4 is 62.4 Å². The minimum absolute atomic E-state index is 0.00465. The Morgan fingerprint density at radius 1 is 1.00 bits per heavy atom. The molecule has 0 aliphatic carbocycles. The molecule has 0 saturated heterocycles. The van der Waals surface area contributed by atoms with Crippen LogP contribution in [0.5, 0.6) is 0 Å². The van der Waals surface area contributed by atoms with E-state index in [9.17, 15) is 14.7 Å². The standard InChI is InChI=1S/C25H19ClN2O3S/c26-20-9-2-1-8-19(20)24(31)27-18-7-5-6-16(15-18)14-17(12-13-23(29)30)25-28-21-10-3-4-11-22(21)32-25/h1-11,14-15H,12-13H2,(H,27,31)(H,29,30). The number of carbonyl (C=O) groups excluding carboxylic acids is 1. The van der Waals surface area contributed by atoms with Gasteiger partial charge in [-0.1, -0.05) is 48.0 Å². The number of anilines is 1. The number of rotatable bonds is 7. The van der Waals surface area contributed by atoms with Crippen LogP contribution < -0.4 is 5.32 Å². The molecule has 0 saturated carbocycles. The Bertz CT molecular complexity index is 1300. The van der Waals surface area contributed by atoms with Crippen LogP contribution in [0.25, 0.3) is 21.9 Å². The van der Waals surface area contributed by atoms with E-state index in [-0.39, 0.29) is 12.3 Å². The van der Waals surface area contributed by atoms with E-state index in [0.717, 1.165) is 26.4 Å². The maximum Gasteiger partial charge on any atom is 0.303 e. The molecule has 2 N–H and O–H groups in total. The summed E-state index contributed by atoms with van der Waals surface area (Å²) in [5, 5.41) is 13.2. The van der Waals surface area contributed by atoms with Crippen molar-refractivity contribution in [3.05, 3.63) is 94.0 Å². The summed E-state index contributed by atoms with van der Waals surface area (Å²) < 4.78 is 1.05. The number of carboxylic acid groups (broad SMARTS) is 1. The fourth-order valence-corrected chi connectivity index (χ4v) is 4.47. The molecule has 1 heterocycles. The lowest BCUT2D eigenvalue weighted by atomic mass is 10.1. The number of carbonyl (C=O) groups is 2. The van der Waals surface area contributed by atoms with Gasteiger partial charge in [0.05, 0.1) is 20.8 Å². The van der Waals surface area contributed by atoms with Crippen LogP contribution in [0.15, 0.2) is 72.8 Å². The number of para-hydroxylation sites is 1. The van der Waals surface area contributed by atoms with Crippen LogP contribution in [0, 0.1) is 0 Å². The average Bonchev–Trinajstić information content (AvgIpc) is 3.21. The Labute approximate surface area is 194 Å². The van der Waals surface area contributed by atoms with Crippen molar-refractivity contribution in [3.8, 4) is 0 Å². The molecule has 0 fully saturated rings. The first-order chi connectivity index (χ1) is 15.5. The molecule has 0 aliphatic heterocycles. The second kappa shape index (κ2) is 9.77. The second-order valence-corrected chi connectivity index (χ2v) is 8.55. The van der Waals surface area contributed by atoms with Gasteiger partial charge >= 0.3 is 5.97 Å². The predicted octanol–water partition coefficient (Wildman–Crippen LogP) is 6.61. The summed E-state index contributed by atoms with van der Waals surface area (Å²) in [7, 11) is 0. The maximum absolute atomic E-state index is 12.6. The second-order valence-electron chi connectivity index (χ2n) is 7.11. The number of thiazole rings is 1. The number of carboxylic acids is 1. The number of benzene rings is 3. The van der Waals surface area contributed by atoms with E-state index in [1.165, 1.54) is 11.3 Å². The number of hydrogen-bond acceptors (Lipinski definition) is 4. The molecule has 0 spiro atoms. The number of nitrogens with one attached hydrogen (secondary N) is 1. The van der Waals surface area contributed by atoms with Crippen LogP contribution in [-0.4, -0.2) is 22.0 Å². The molecule has 32 heavy (non-hydrogen) atoms. The first kappa shape index (κ1) is 21.7. The maximum atomic E-state index is 12.6. The number of aliphatic carboxylic acids is 1. The van der Waals surface area contributed by atoms with Gasteiger partial charge in [-0.25, -0.2) is 4.98 Å². The number of nitrogens with zero attached hydrogens (tertiary/aromatic N) is 1. The van der Waals surface area contributed by atoms with E-state index < -0.39 is 5.97 Å². The van der Waals surface area contributed by atoms with Crippen molar-refractivity contribution in [1.29, 1.82) is 0 Å². The lowest BCUT2D eigenvalue weighted by molar-refractivity contribution is -0.136. The minimum atomic E-state index is -0.863. The zero-order valence-electron chi connectivity index (χ0n) is 16.9. The molecule has 160 valence electrons. The summed E-state index contributed by atoms with van der Waals surface area (Å²) in [4.78, 5) is 28.5. The number of aromatic nitrogens is 1. The van der Waals surface area contributed by atoms with Gasteiger partial charge in [0.2, 0.25) is 0 Å². The van der Waals surface area contributed by atoms with Crippen LogP contribution in [0.4, 0.5) is 5.69 Å². The minimum Gasteiger partial charge on any atom is -0.481 e. The fraction of sp³-hybridized carbons (Fsp3) is 0.0800. The zero-order valence-corrected chi connectivity index (χ0v) is 18.5. The predicted molar refractivity (Wildman–Crippen MR) is 130 cm³/mol. The van der Waals surface area contributed by atoms with Gasteiger partial charge in [-0.3, -0.25) is 9.59 Å². The molecule has 4 aromatic rings. The highest BCUT2D eigenvalue weighted by molar-refractivity contribution is 7.19. The number of amides is 1. The Morgan fingerprint density at radius 2 is 1.78 bits per heavy atom. The van der Waals surface area contributed by atoms with E-state index in [4.69, 9.17) is 11.6 Å². The molecule has 3 aromatic carbocycles. The molecule has 7 heteroatoms. The van der Waals surface area contributed by atoms with Crippen LogP contribution in [0.2, 0.25) is 5.02 Å². The highest BCUT2D eigenvalue weighted by Gasteiger charge is 2.12. The third kappa shape index (κ3) is 5.22. The smallest absolute Gasteiger partial charge is 0.303 e. The van der Waals surface area contributed by atoms with Gasteiger partial charge in [0, 0.05) is 12.1 Å². The number of halogens is 1. The van der Waals surface area contributed by atoms with Crippen LogP contribution in [0.3, 0.4) is 0 Å². The molecule has 4 rings (SSSR count).